The van der Waals surface area contributed by atoms with E-state index in [1.54, 1.807) is 32.0 Å². The van der Waals surface area contributed by atoms with Crippen LogP contribution in [0, 0.1) is 5.82 Å². The molecular weight excluding hydrogens is 391 g/mol. The number of halogens is 1. The van der Waals surface area contributed by atoms with Crippen LogP contribution in [0.2, 0.25) is 0 Å². The van der Waals surface area contributed by atoms with Crippen molar-refractivity contribution in [1.29, 1.82) is 0 Å². The Balaban J connectivity index is 1.90. The molecule has 0 aromatic heterocycles. The van der Waals surface area contributed by atoms with Gasteiger partial charge in [-0.2, -0.15) is 0 Å². The molecule has 30 heavy (non-hydrogen) atoms. The molecule has 160 valence electrons. The van der Waals surface area contributed by atoms with Crippen LogP contribution >= 0.6 is 0 Å². The second kappa shape index (κ2) is 10.1. The molecular formula is C22H25FN2O5. The third-order valence-corrected chi connectivity index (χ3v) is 4.53. The topological polar surface area (TPSA) is 85.9 Å². The number of rotatable bonds is 8. The average Bonchev–Trinajstić information content (AvgIpc) is 3.26. The Kier molecular flexibility index (Phi) is 7.24. The maximum absolute atomic E-state index is 14.0. The largest absolute Gasteiger partial charge is 0.492 e. The second-order valence-electron chi connectivity index (χ2n) is 6.64. The predicted molar refractivity (Wildman–Crippen MR) is 111 cm³/mol. The van der Waals surface area contributed by atoms with Crippen molar-refractivity contribution in [3.63, 3.8) is 0 Å². The minimum atomic E-state index is -0.626. The molecule has 1 aliphatic heterocycles. The quantitative estimate of drug-likeness (QED) is 0.680. The molecule has 0 saturated carbocycles. The number of carbonyl (C=O) groups is 2. The molecule has 1 heterocycles. The van der Waals surface area contributed by atoms with E-state index >= 15 is 0 Å². The number of hydrogen-bond donors (Lipinski definition) is 2. The highest BCUT2D eigenvalue weighted by Crippen LogP contribution is 2.37. The van der Waals surface area contributed by atoms with Crippen molar-refractivity contribution < 1.29 is 28.2 Å². The Morgan fingerprint density at radius 1 is 1.07 bits per heavy atom. The Labute approximate surface area is 174 Å². The van der Waals surface area contributed by atoms with Crippen LogP contribution in [0.4, 0.5) is 15.8 Å². The van der Waals surface area contributed by atoms with Crippen LogP contribution < -0.4 is 20.1 Å². The van der Waals surface area contributed by atoms with Gasteiger partial charge in [-0.25, -0.2) is 4.39 Å². The molecule has 2 aromatic carbocycles. The fourth-order valence-corrected chi connectivity index (χ4v) is 3.14. The minimum Gasteiger partial charge on any atom is -0.492 e. The van der Waals surface area contributed by atoms with Crippen molar-refractivity contribution in [3.8, 4) is 11.5 Å². The second-order valence-corrected chi connectivity index (χ2v) is 6.64. The first-order valence-electron chi connectivity index (χ1n) is 9.95. The van der Waals surface area contributed by atoms with Gasteiger partial charge >= 0.3 is 0 Å². The monoisotopic (exact) mass is 416 g/mol. The normalized spacial score (nSPS) is 15.5. The van der Waals surface area contributed by atoms with E-state index in [4.69, 9.17) is 14.2 Å². The fraction of sp³-hybridized carbons (Fsp3) is 0.364. The maximum Gasteiger partial charge on any atom is 0.258 e. The Hall–Kier alpha value is -3.13. The van der Waals surface area contributed by atoms with E-state index in [1.165, 1.54) is 18.2 Å². The Bertz CT molecular complexity index is 912. The third kappa shape index (κ3) is 5.07. The van der Waals surface area contributed by atoms with Gasteiger partial charge in [-0.15, -0.1) is 0 Å². The summed E-state index contributed by atoms with van der Waals surface area (Å²) in [5.41, 5.74) is 0.627. The number of carbonyl (C=O) groups excluding carboxylic acids is 2. The molecule has 8 heteroatoms. The van der Waals surface area contributed by atoms with Gasteiger partial charge in [0.05, 0.1) is 30.2 Å². The molecule has 7 nitrogen and oxygen atoms in total. The highest BCUT2D eigenvalue weighted by molar-refractivity contribution is 6.06. The molecule has 0 radical (unpaired) electrons. The van der Waals surface area contributed by atoms with Crippen molar-refractivity contribution in [2.24, 2.45) is 0 Å². The van der Waals surface area contributed by atoms with E-state index in [2.05, 4.69) is 10.6 Å². The van der Waals surface area contributed by atoms with Gasteiger partial charge in [0.2, 0.25) is 0 Å². The van der Waals surface area contributed by atoms with Gasteiger partial charge in [0.15, 0.2) is 0 Å². The lowest BCUT2D eigenvalue weighted by atomic mass is 10.1. The molecule has 1 fully saturated rings. The molecule has 2 amide bonds. The highest BCUT2D eigenvalue weighted by atomic mass is 19.1. The van der Waals surface area contributed by atoms with Crippen LogP contribution in [-0.2, 0) is 9.53 Å². The molecule has 1 saturated heterocycles. The number of ether oxygens (including phenoxy) is 3. The van der Waals surface area contributed by atoms with Gasteiger partial charge < -0.3 is 24.8 Å². The van der Waals surface area contributed by atoms with Crippen LogP contribution in [0.25, 0.3) is 0 Å². The van der Waals surface area contributed by atoms with Crippen LogP contribution in [0.3, 0.4) is 0 Å². The van der Waals surface area contributed by atoms with Gasteiger partial charge in [-0.3, -0.25) is 9.59 Å². The van der Waals surface area contributed by atoms with Crippen LogP contribution in [0.5, 0.6) is 11.5 Å². The first-order valence-corrected chi connectivity index (χ1v) is 9.95. The molecule has 0 spiro atoms. The fourth-order valence-electron chi connectivity index (χ4n) is 3.14. The number of benzene rings is 2. The number of hydrogen-bond acceptors (Lipinski definition) is 5. The Morgan fingerprint density at radius 3 is 2.27 bits per heavy atom. The molecule has 0 aliphatic carbocycles. The number of nitrogens with one attached hydrogen (secondary N) is 2. The maximum atomic E-state index is 14.0. The lowest BCUT2D eigenvalue weighted by Gasteiger charge is -2.19. The lowest BCUT2D eigenvalue weighted by molar-refractivity contribution is -0.124. The molecule has 0 unspecified atom stereocenters. The SMILES string of the molecule is CCOc1cc(NC(=O)[C@@H]2CCCO2)c(OCC)cc1NC(=O)c1ccccc1F. The van der Waals surface area contributed by atoms with E-state index in [0.717, 1.165) is 6.42 Å². The number of amides is 2. The summed E-state index contributed by atoms with van der Waals surface area (Å²) < 4.78 is 30.7. The van der Waals surface area contributed by atoms with Crippen molar-refractivity contribution >= 4 is 23.2 Å². The first kappa shape index (κ1) is 21.6. The summed E-state index contributed by atoms with van der Waals surface area (Å²) in [5.74, 6) is -0.824. The van der Waals surface area contributed by atoms with Crippen LogP contribution in [0.1, 0.15) is 37.0 Å². The summed E-state index contributed by atoms with van der Waals surface area (Å²) in [6, 6.07) is 8.84. The summed E-state index contributed by atoms with van der Waals surface area (Å²) in [7, 11) is 0. The number of anilines is 2. The molecule has 2 N–H and O–H groups in total. The van der Waals surface area contributed by atoms with E-state index in [-0.39, 0.29) is 11.5 Å². The van der Waals surface area contributed by atoms with Gasteiger partial charge in [-0.05, 0) is 38.8 Å². The van der Waals surface area contributed by atoms with Gasteiger partial charge in [-0.1, -0.05) is 12.1 Å². The highest BCUT2D eigenvalue weighted by Gasteiger charge is 2.25. The van der Waals surface area contributed by atoms with Crippen molar-refractivity contribution in [2.75, 3.05) is 30.5 Å². The molecule has 1 atom stereocenters. The van der Waals surface area contributed by atoms with E-state index in [9.17, 15) is 14.0 Å². The van der Waals surface area contributed by atoms with Crippen LogP contribution in [-0.4, -0.2) is 37.7 Å². The summed E-state index contributed by atoms with van der Waals surface area (Å²) in [5, 5.41) is 5.48. The third-order valence-electron chi connectivity index (χ3n) is 4.53. The van der Waals surface area contributed by atoms with E-state index in [0.29, 0.717) is 49.1 Å². The Morgan fingerprint density at radius 2 is 1.70 bits per heavy atom. The molecule has 1 aliphatic rings. The van der Waals surface area contributed by atoms with Crippen LogP contribution in [0.15, 0.2) is 36.4 Å². The van der Waals surface area contributed by atoms with Gasteiger partial charge in [0, 0.05) is 18.7 Å². The molecule has 2 aromatic rings. The zero-order valence-electron chi connectivity index (χ0n) is 17.0. The zero-order chi connectivity index (χ0) is 21.5. The average molecular weight is 416 g/mol. The minimum absolute atomic E-state index is 0.0892. The van der Waals surface area contributed by atoms with E-state index < -0.39 is 17.8 Å². The van der Waals surface area contributed by atoms with Crippen molar-refractivity contribution in [2.45, 2.75) is 32.8 Å². The van der Waals surface area contributed by atoms with Gasteiger partial charge in [0.25, 0.3) is 11.8 Å². The lowest BCUT2D eigenvalue weighted by Crippen LogP contribution is -2.27. The van der Waals surface area contributed by atoms with Crippen molar-refractivity contribution in [1.82, 2.24) is 0 Å². The summed E-state index contributed by atoms with van der Waals surface area (Å²) in [6.45, 7) is 4.83. The summed E-state index contributed by atoms with van der Waals surface area (Å²) in [4.78, 5) is 25.0. The standard InChI is InChI=1S/C22H25FN2O5/c1-3-28-19-13-17(25-22(27)18-10-7-11-30-18)20(29-4-2)12-16(19)24-21(26)14-8-5-6-9-15(14)23/h5-6,8-9,12-13,18H,3-4,7,10-11H2,1-2H3,(H,24,26)(H,25,27)/t18-/m0/s1. The van der Waals surface area contributed by atoms with Crippen molar-refractivity contribution in [3.05, 3.63) is 47.8 Å². The smallest absolute Gasteiger partial charge is 0.258 e. The molecule has 0 bridgehead atoms. The zero-order valence-corrected chi connectivity index (χ0v) is 17.0. The predicted octanol–water partition coefficient (Wildman–Crippen LogP) is 3.99. The summed E-state index contributed by atoms with van der Waals surface area (Å²) in [6.07, 6.45) is 0.988. The summed E-state index contributed by atoms with van der Waals surface area (Å²) >= 11 is 0. The van der Waals surface area contributed by atoms with E-state index in [1.807, 2.05) is 0 Å². The first-order chi connectivity index (χ1) is 14.5. The molecule has 3 rings (SSSR count). The van der Waals surface area contributed by atoms with Gasteiger partial charge in [0.1, 0.15) is 23.4 Å².